The number of rotatable bonds is 5. The minimum absolute atomic E-state index is 0.0792. The summed E-state index contributed by atoms with van der Waals surface area (Å²) in [5.41, 5.74) is 8.70. The SMILES string of the molecule is CCOC(c1ccccc1)C(N)c1ccsc1C. The van der Waals surface area contributed by atoms with Crippen molar-refractivity contribution < 1.29 is 4.74 Å². The summed E-state index contributed by atoms with van der Waals surface area (Å²) in [7, 11) is 0. The molecule has 0 bridgehead atoms. The van der Waals surface area contributed by atoms with Gasteiger partial charge in [0.05, 0.1) is 6.04 Å². The van der Waals surface area contributed by atoms with Gasteiger partial charge in [-0.2, -0.15) is 0 Å². The summed E-state index contributed by atoms with van der Waals surface area (Å²) in [6.07, 6.45) is -0.0792. The van der Waals surface area contributed by atoms with Gasteiger partial charge in [-0.05, 0) is 36.4 Å². The van der Waals surface area contributed by atoms with E-state index < -0.39 is 0 Å². The van der Waals surface area contributed by atoms with E-state index in [2.05, 4.69) is 30.5 Å². The van der Waals surface area contributed by atoms with Gasteiger partial charge in [-0.15, -0.1) is 11.3 Å². The minimum Gasteiger partial charge on any atom is -0.372 e. The van der Waals surface area contributed by atoms with Crippen LogP contribution in [-0.4, -0.2) is 6.61 Å². The summed E-state index contributed by atoms with van der Waals surface area (Å²) in [5.74, 6) is 0. The Balaban J connectivity index is 2.28. The maximum absolute atomic E-state index is 6.38. The Hall–Kier alpha value is -1.16. The van der Waals surface area contributed by atoms with Crippen molar-refractivity contribution in [3.05, 3.63) is 57.8 Å². The molecule has 0 radical (unpaired) electrons. The van der Waals surface area contributed by atoms with Gasteiger partial charge in [-0.25, -0.2) is 0 Å². The smallest absolute Gasteiger partial charge is 0.102 e. The lowest BCUT2D eigenvalue weighted by molar-refractivity contribution is 0.0429. The number of hydrogen-bond acceptors (Lipinski definition) is 3. The van der Waals surface area contributed by atoms with Crippen LogP contribution in [0.25, 0.3) is 0 Å². The standard InChI is InChI=1S/C15H19NOS/c1-3-17-15(12-7-5-4-6-8-12)14(16)13-9-10-18-11(13)2/h4-10,14-15H,3,16H2,1-2H3. The Bertz CT molecular complexity index is 480. The van der Waals surface area contributed by atoms with Crippen molar-refractivity contribution in [1.29, 1.82) is 0 Å². The number of nitrogens with two attached hydrogens (primary N) is 1. The highest BCUT2D eigenvalue weighted by Crippen LogP contribution is 2.33. The molecule has 2 rings (SSSR count). The summed E-state index contributed by atoms with van der Waals surface area (Å²) in [4.78, 5) is 1.27. The Morgan fingerprint density at radius 2 is 1.94 bits per heavy atom. The molecule has 0 saturated heterocycles. The van der Waals surface area contributed by atoms with E-state index in [-0.39, 0.29) is 12.1 Å². The molecule has 2 nitrogen and oxygen atoms in total. The highest BCUT2D eigenvalue weighted by atomic mass is 32.1. The third kappa shape index (κ3) is 2.80. The molecule has 0 aliphatic rings. The van der Waals surface area contributed by atoms with Crippen molar-refractivity contribution >= 4 is 11.3 Å². The molecule has 2 aromatic rings. The zero-order valence-corrected chi connectivity index (χ0v) is 11.6. The fourth-order valence-electron chi connectivity index (χ4n) is 2.13. The zero-order chi connectivity index (χ0) is 13.0. The third-order valence-corrected chi connectivity index (χ3v) is 3.92. The van der Waals surface area contributed by atoms with Crippen molar-refractivity contribution in [3.63, 3.8) is 0 Å². The second-order valence-electron chi connectivity index (χ2n) is 4.24. The molecule has 1 heterocycles. The first-order valence-electron chi connectivity index (χ1n) is 6.20. The van der Waals surface area contributed by atoms with E-state index in [1.54, 1.807) is 11.3 Å². The van der Waals surface area contributed by atoms with Gasteiger partial charge in [-0.1, -0.05) is 30.3 Å². The molecule has 0 spiro atoms. The number of thiophene rings is 1. The van der Waals surface area contributed by atoms with Gasteiger partial charge in [0.1, 0.15) is 6.10 Å². The monoisotopic (exact) mass is 261 g/mol. The number of ether oxygens (including phenoxy) is 1. The van der Waals surface area contributed by atoms with E-state index in [0.29, 0.717) is 6.61 Å². The van der Waals surface area contributed by atoms with Gasteiger partial charge in [0.15, 0.2) is 0 Å². The van der Waals surface area contributed by atoms with Gasteiger partial charge in [0.25, 0.3) is 0 Å². The Morgan fingerprint density at radius 3 is 2.50 bits per heavy atom. The van der Waals surface area contributed by atoms with E-state index >= 15 is 0 Å². The Kier molecular flexibility index (Phi) is 4.53. The molecule has 18 heavy (non-hydrogen) atoms. The molecule has 0 aliphatic heterocycles. The van der Waals surface area contributed by atoms with Crippen LogP contribution in [0.2, 0.25) is 0 Å². The van der Waals surface area contributed by atoms with E-state index in [4.69, 9.17) is 10.5 Å². The highest BCUT2D eigenvalue weighted by Gasteiger charge is 2.23. The van der Waals surface area contributed by atoms with Crippen LogP contribution >= 0.6 is 11.3 Å². The van der Waals surface area contributed by atoms with E-state index in [9.17, 15) is 0 Å². The van der Waals surface area contributed by atoms with Crippen LogP contribution in [0.1, 0.15) is 35.1 Å². The third-order valence-electron chi connectivity index (χ3n) is 3.06. The minimum atomic E-state index is -0.112. The largest absolute Gasteiger partial charge is 0.372 e. The van der Waals surface area contributed by atoms with Crippen LogP contribution in [0, 0.1) is 6.92 Å². The zero-order valence-electron chi connectivity index (χ0n) is 10.8. The molecule has 0 fully saturated rings. The molecule has 2 N–H and O–H groups in total. The summed E-state index contributed by atoms with van der Waals surface area (Å²) in [5, 5.41) is 2.08. The number of aryl methyl sites for hydroxylation is 1. The fraction of sp³-hybridized carbons (Fsp3) is 0.333. The summed E-state index contributed by atoms with van der Waals surface area (Å²) in [6, 6.07) is 12.2. The molecular formula is C15H19NOS. The average Bonchev–Trinajstić information content (AvgIpc) is 2.82. The van der Waals surface area contributed by atoms with Crippen molar-refractivity contribution in [2.45, 2.75) is 26.0 Å². The van der Waals surface area contributed by atoms with Crippen LogP contribution in [0.15, 0.2) is 41.8 Å². The lowest BCUT2D eigenvalue weighted by Crippen LogP contribution is -2.22. The normalized spacial score (nSPS) is 14.4. The van der Waals surface area contributed by atoms with Crippen LogP contribution in [0.3, 0.4) is 0 Å². The number of benzene rings is 1. The summed E-state index contributed by atoms with van der Waals surface area (Å²) < 4.78 is 5.85. The predicted octanol–water partition coefficient (Wildman–Crippen LogP) is 3.83. The first-order chi connectivity index (χ1) is 8.74. The molecule has 2 atom stereocenters. The van der Waals surface area contributed by atoms with Crippen molar-refractivity contribution in [2.24, 2.45) is 5.73 Å². The van der Waals surface area contributed by atoms with Gasteiger partial charge >= 0.3 is 0 Å². The fourth-order valence-corrected chi connectivity index (χ4v) is 2.89. The van der Waals surface area contributed by atoms with Crippen LogP contribution in [0.5, 0.6) is 0 Å². The van der Waals surface area contributed by atoms with Gasteiger partial charge in [-0.3, -0.25) is 0 Å². The van der Waals surface area contributed by atoms with Crippen LogP contribution in [0.4, 0.5) is 0 Å². The number of hydrogen-bond donors (Lipinski definition) is 1. The molecule has 0 saturated carbocycles. The first kappa shape index (κ1) is 13.3. The molecule has 0 aliphatic carbocycles. The van der Waals surface area contributed by atoms with E-state index in [1.807, 2.05) is 25.1 Å². The molecule has 3 heteroatoms. The quantitative estimate of drug-likeness (QED) is 0.887. The molecule has 0 amide bonds. The molecular weight excluding hydrogens is 242 g/mol. The van der Waals surface area contributed by atoms with Crippen LogP contribution < -0.4 is 5.73 Å². The van der Waals surface area contributed by atoms with Gasteiger partial charge < -0.3 is 10.5 Å². The topological polar surface area (TPSA) is 35.2 Å². The molecule has 2 unspecified atom stereocenters. The second-order valence-corrected chi connectivity index (χ2v) is 5.36. The highest BCUT2D eigenvalue weighted by molar-refractivity contribution is 7.10. The van der Waals surface area contributed by atoms with Crippen LogP contribution in [-0.2, 0) is 4.74 Å². The first-order valence-corrected chi connectivity index (χ1v) is 7.08. The molecule has 1 aromatic carbocycles. The molecule has 96 valence electrons. The van der Waals surface area contributed by atoms with Gasteiger partial charge in [0.2, 0.25) is 0 Å². The predicted molar refractivity (Wildman–Crippen MR) is 76.8 cm³/mol. The van der Waals surface area contributed by atoms with E-state index in [1.165, 1.54) is 10.4 Å². The van der Waals surface area contributed by atoms with Crippen molar-refractivity contribution in [1.82, 2.24) is 0 Å². The maximum atomic E-state index is 6.38. The average molecular weight is 261 g/mol. The Labute approximate surface area is 112 Å². The second kappa shape index (κ2) is 6.14. The van der Waals surface area contributed by atoms with Crippen molar-refractivity contribution in [3.8, 4) is 0 Å². The Morgan fingerprint density at radius 1 is 1.22 bits per heavy atom. The lowest BCUT2D eigenvalue weighted by Gasteiger charge is -2.24. The molecule has 1 aromatic heterocycles. The van der Waals surface area contributed by atoms with Gasteiger partial charge in [0, 0.05) is 11.5 Å². The summed E-state index contributed by atoms with van der Waals surface area (Å²) in [6.45, 7) is 4.77. The van der Waals surface area contributed by atoms with Crippen molar-refractivity contribution in [2.75, 3.05) is 6.61 Å². The maximum Gasteiger partial charge on any atom is 0.102 e. The van der Waals surface area contributed by atoms with E-state index in [0.717, 1.165) is 5.56 Å². The lowest BCUT2D eigenvalue weighted by atomic mass is 9.97. The summed E-state index contributed by atoms with van der Waals surface area (Å²) >= 11 is 1.73.